The lowest BCUT2D eigenvalue weighted by Crippen LogP contribution is -2.18. The SMILES string of the molecule is CC/C=N\NS(=O)(=O)c1ccc(NC(C)=O)cc1. The van der Waals surface area contributed by atoms with Gasteiger partial charge in [-0.05, 0) is 30.7 Å². The summed E-state index contributed by atoms with van der Waals surface area (Å²) in [5, 5.41) is 6.13. The third-order valence-electron chi connectivity index (χ3n) is 1.93. The number of hydrogen-bond acceptors (Lipinski definition) is 4. The first-order valence-corrected chi connectivity index (χ1v) is 6.85. The smallest absolute Gasteiger partial charge is 0.276 e. The van der Waals surface area contributed by atoms with Crippen LogP contribution in [-0.2, 0) is 14.8 Å². The zero-order valence-electron chi connectivity index (χ0n) is 10.2. The molecule has 7 heteroatoms. The maximum atomic E-state index is 11.7. The topological polar surface area (TPSA) is 87.6 Å². The number of nitrogens with zero attached hydrogens (tertiary/aromatic N) is 1. The molecule has 2 N–H and O–H groups in total. The molecule has 0 atom stereocenters. The van der Waals surface area contributed by atoms with Crippen LogP contribution >= 0.6 is 0 Å². The van der Waals surface area contributed by atoms with E-state index in [-0.39, 0.29) is 10.8 Å². The Morgan fingerprint density at radius 3 is 2.44 bits per heavy atom. The van der Waals surface area contributed by atoms with E-state index in [0.717, 1.165) is 0 Å². The van der Waals surface area contributed by atoms with E-state index < -0.39 is 10.0 Å². The predicted octanol–water partition coefficient (Wildman–Crippen LogP) is 1.32. The molecule has 0 aliphatic rings. The van der Waals surface area contributed by atoms with Crippen molar-refractivity contribution in [3.8, 4) is 0 Å². The molecule has 0 fully saturated rings. The van der Waals surface area contributed by atoms with Gasteiger partial charge in [-0.1, -0.05) is 6.92 Å². The van der Waals surface area contributed by atoms with E-state index in [4.69, 9.17) is 0 Å². The Morgan fingerprint density at radius 1 is 1.33 bits per heavy atom. The van der Waals surface area contributed by atoms with Crippen molar-refractivity contribution in [1.29, 1.82) is 0 Å². The Bertz CT molecular complexity index is 535. The lowest BCUT2D eigenvalue weighted by atomic mass is 10.3. The molecule has 0 aromatic heterocycles. The van der Waals surface area contributed by atoms with Crippen molar-refractivity contribution in [2.24, 2.45) is 5.10 Å². The number of hydrazone groups is 1. The van der Waals surface area contributed by atoms with Crippen molar-refractivity contribution in [2.45, 2.75) is 25.2 Å². The number of sulfonamides is 1. The van der Waals surface area contributed by atoms with E-state index >= 15 is 0 Å². The molecule has 98 valence electrons. The summed E-state index contributed by atoms with van der Waals surface area (Å²) in [6.45, 7) is 3.23. The minimum absolute atomic E-state index is 0.0878. The quantitative estimate of drug-likeness (QED) is 0.624. The molecule has 1 aromatic carbocycles. The molecule has 0 spiro atoms. The molecular weight excluding hydrogens is 254 g/mol. The Labute approximate surface area is 106 Å². The van der Waals surface area contributed by atoms with Gasteiger partial charge < -0.3 is 5.32 Å². The maximum absolute atomic E-state index is 11.7. The number of hydrogen-bond donors (Lipinski definition) is 2. The highest BCUT2D eigenvalue weighted by Crippen LogP contribution is 2.13. The third kappa shape index (κ3) is 4.17. The summed E-state index contributed by atoms with van der Waals surface area (Å²) >= 11 is 0. The zero-order chi connectivity index (χ0) is 13.6. The van der Waals surface area contributed by atoms with Gasteiger partial charge in [0.25, 0.3) is 10.0 Å². The van der Waals surface area contributed by atoms with Gasteiger partial charge in [0, 0.05) is 18.8 Å². The van der Waals surface area contributed by atoms with Crippen LogP contribution in [0, 0.1) is 0 Å². The van der Waals surface area contributed by atoms with Crippen LogP contribution in [-0.4, -0.2) is 20.5 Å². The Hall–Kier alpha value is -1.89. The number of nitrogens with one attached hydrogen (secondary N) is 2. The fraction of sp³-hybridized carbons (Fsp3) is 0.273. The molecule has 0 aliphatic carbocycles. The van der Waals surface area contributed by atoms with Gasteiger partial charge in [0.1, 0.15) is 0 Å². The van der Waals surface area contributed by atoms with Gasteiger partial charge in [-0.3, -0.25) is 4.79 Å². The lowest BCUT2D eigenvalue weighted by molar-refractivity contribution is -0.114. The summed E-state index contributed by atoms with van der Waals surface area (Å²) in [5.41, 5.74) is 0.540. The molecule has 1 aromatic rings. The highest BCUT2D eigenvalue weighted by atomic mass is 32.2. The molecule has 0 heterocycles. The van der Waals surface area contributed by atoms with Gasteiger partial charge >= 0.3 is 0 Å². The largest absolute Gasteiger partial charge is 0.326 e. The summed E-state index contributed by atoms with van der Waals surface area (Å²) in [6, 6.07) is 5.82. The van der Waals surface area contributed by atoms with Crippen molar-refractivity contribution in [2.75, 3.05) is 5.32 Å². The summed E-state index contributed by atoms with van der Waals surface area (Å²) in [4.78, 5) is 13.0. The van der Waals surface area contributed by atoms with Crippen LogP contribution in [0.2, 0.25) is 0 Å². The molecule has 1 amide bonds. The van der Waals surface area contributed by atoms with Gasteiger partial charge in [-0.15, -0.1) is 0 Å². The Balaban J connectivity index is 2.84. The predicted molar refractivity (Wildman–Crippen MR) is 69.9 cm³/mol. The van der Waals surface area contributed by atoms with Crippen molar-refractivity contribution in [1.82, 2.24) is 4.83 Å². The molecule has 0 bridgehead atoms. The first-order valence-electron chi connectivity index (χ1n) is 5.36. The second kappa shape index (κ2) is 6.15. The summed E-state index contributed by atoms with van der Waals surface area (Å²) in [6.07, 6.45) is 2.10. The molecule has 18 heavy (non-hydrogen) atoms. The molecule has 0 saturated carbocycles. The van der Waals surface area contributed by atoms with Crippen molar-refractivity contribution in [3.05, 3.63) is 24.3 Å². The number of anilines is 1. The molecule has 6 nitrogen and oxygen atoms in total. The van der Waals surface area contributed by atoms with Gasteiger partial charge in [-0.2, -0.15) is 13.5 Å². The van der Waals surface area contributed by atoms with Crippen LogP contribution in [0.1, 0.15) is 20.3 Å². The Morgan fingerprint density at radius 2 is 1.94 bits per heavy atom. The molecule has 0 radical (unpaired) electrons. The number of carbonyl (C=O) groups is 1. The summed E-state index contributed by atoms with van der Waals surface area (Å²) < 4.78 is 23.5. The second-order valence-electron chi connectivity index (χ2n) is 3.52. The van der Waals surface area contributed by atoms with Gasteiger partial charge in [-0.25, -0.2) is 4.83 Å². The monoisotopic (exact) mass is 269 g/mol. The summed E-state index contributed by atoms with van der Waals surface area (Å²) in [5.74, 6) is -0.212. The van der Waals surface area contributed by atoms with E-state index in [2.05, 4.69) is 15.2 Å². The first kappa shape index (κ1) is 14.2. The average molecular weight is 269 g/mol. The third-order valence-corrected chi connectivity index (χ3v) is 3.17. The first-order chi connectivity index (χ1) is 8.45. The van der Waals surface area contributed by atoms with Crippen molar-refractivity contribution >= 4 is 27.8 Å². The van der Waals surface area contributed by atoms with Crippen LogP contribution in [0.15, 0.2) is 34.3 Å². The summed E-state index contributed by atoms with van der Waals surface area (Å²) in [7, 11) is -3.64. The normalized spacial score (nSPS) is 11.4. The molecule has 0 aliphatic heterocycles. The van der Waals surface area contributed by atoms with Gasteiger partial charge in [0.15, 0.2) is 0 Å². The highest BCUT2D eigenvalue weighted by Gasteiger charge is 2.12. The van der Waals surface area contributed by atoms with E-state index in [1.807, 2.05) is 6.92 Å². The van der Waals surface area contributed by atoms with Crippen LogP contribution < -0.4 is 10.1 Å². The van der Waals surface area contributed by atoms with E-state index in [9.17, 15) is 13.2 Å². The van der Waals surface area contributed by atoms with E-state index in [1.54, 1.807) is 0 Å². The second-order valence-corrected chi connectivity index (χ2v) is 5.18. The van der Waals surface area contributed by atoms with E-state index in [0.29, 0.717) is 12.1 Å². The molecule has 0 saturated heterocycles. The van der Waals surface area contributed by atoms with Crippen LogP contribution in [0.5, 0.6) is 0 Å². The van der Waals surface area contributed by atoms with Crippen LogP contribution in [0.3, 0.4) is 0 Å². The number of benzene rings is 1. The average Bonchev–Trinajstić information content (AvgIpc) is 2.29. The van der Waals surface area contributed by atoms with E-state index in [1.165, 1.54) is 37.4 Å². The minimum atomic E-state index is -3.64. The highest BCUT2D eigenvalue weighted by molar-refractivity contribution is 7.89. The fourth-order valence-corrected chi connectivity index (χ4v) is 1.98. The molecular formula is C11H15N3O3S. The maximum Gasteiger partial charge on any atom is 0.276 e. The number of carbonyl (C=O) groups excluding carboxylic acids is 1. The van der Waals surface area contributed by atoms with Gasteiger partial charge in [0.2, 0.25) is 5.91 Å². The Kier molecular flexibility index (Phi) is 4.85. The molecule has 1 rings (SSSR count). The van der Waals surface area contributed by atoms with Gasteiger partial charge in [0.05, 0.1) is 4.90 Å². The van der Waals surface area contributed by atoms with Crippen LogP contribution in [0.25, 0.3) is 0 Å². The zero-order valence-corrected chi connectivity index (χ0v) is 11.0. The molecule has 0 unspecified atom stereocenters. The minimum Gasteiger partial charge on any atom is -0.326 e. The number of rotatable bonds is 5. The lowest BCUT2D eigenvalue weighted by Gasteiger charge is -2.05. The number of amides is 1. The standard InChI is InChI=1S/C11H15N3O3S/c1-3-8-12-14-18(16,17)11-6-4-10(5-7-11)13-9(2)15/h4-8,14H,3H2,1-2H3,(H,13,15)/b12-8-. The van der Waals surface area contributed by atoms with Crippen molar-refractivity contribution < 1.29 is 13.2 Å². The van der Waals surface area contributed by atoms with Crippen molar-refractivity contribution in [3.63, 3.8) is 0 Å². The fourth-order valence-electron chi connectivity index (χ4n) is 1.17. The van der Waals surface area contributed by atoms with Crippen LogP contribution in [0.4, 0.5) is 5.69 Å².